The summed E-state index contributed by atoms with van der Waals surface area (Å²) in [6.07, 6.45) is 3.31. The van der Waals surface area contributed by atoms with Crippen molar-refractivity contribution in [2.75, 3.05) is 18.4 Å². The van der Waals surface area contributed by atoms with E-state index in [0.29, 0.717) is 30.8 Å². The first-order chi connectivity index (χ1) is 12.5. The maximum atomic E-state index is 12.8. The van der Waals surface area contributed by atoms with Crippen molar-refractivity contribution in [3.05, 3.63) is 29.3 Å². The van der Waals surface area contributed by atoms with Crippen LogP contribution in [-0.2, 0) is 4.79 Å². The molecule has 8 heteroatoms. The van der Waals surface area contributed by atoms with Crippen molar-refractivity contribution in [1.29, 1.82) is 0 Å². The Morgan fingerprint density at radius 3 is 2.69 bits per heavy atom. The number of carbonyl (C=O) groups excluding carboxylic acids is 4. The van der Waals surface area contributed by atoms with Crippen LogP contribution < -0.4 is 16.0 Å². The molecule has 1 aromatic carbocycles. The molecule has 2 saturated heterocycles. The molecule has 0 radical (unpaired) electrons. The van der Waals surface area contributed by atoms with Crippen molar-refractivity contribution in [3.63, 3.8) is 0 Å². The minimum absolute atomic E-state index is 0.0296. The average Bonchev–Trinajstić information content (AvgIpc) is 3.18. The van der Waals surface area contributed by atoms with Crippen LogP contribution >= 0.6 is 0 Å². The lowest BCUT2D eigenvalue weighted by atomic mass is 9.90. The van der Waals surface area contributed by atoms with Crippen molar-refractivity contribution in [2.24, 2.45) is 5.92 Å². The molecule has 3 aliphatic heterocycles. The van der Waals surface area contributed by atoms with Gasteiger partial charge < -0.3 is 15.5 Å². The molecule has 1 aromatic rings. The lowest BCUT2D eigenvalue weighted by molar-refractivity contribution is -0.119. The standard InChI is InChI=1S/C18H20N4O4/c23-15-7-10(9-19-15)14-3-1-2-6-22(14)18(26)20-11-4-5-12-13(8-11)17(25)21-16(12)24/h4-5,8,10,14H,1-3,6-7,9H2,(H,19,23)(H,20,26)(H,21,24,25). The maximum absolute atomic E-state index is 12.8. The first kappa shape index (κ1) is 16.6. The quantitative estimate of drug-likeness (QED) is 0.690. The maximum Gasteiger partial charge on any atom is 0.322 e. The number of nitrogens with one attached hydrogen (secondary N) is 3. The van der Waals surface area contributed by atoms with Crippen molar-refractivity contribution in [1.82, 2.24) is 15.5 Å². The van der Waals surface area contributed by atoms with Crippen LogP contribution in [0.4, 0.5) is 10.5 Å². The Morgan fingerprint density at radius 2 is 1.92 bits per heavy atom. The Labute approximate surface area is 150 Å². The van der Waals surface area contributed by atoms with Crippen molar-refractivity contribution < 1.29 is 19.2 Å². The van der Waals surface area contributed by atoms with Gasteiger partial charge in [-0.3, -0.25) is 19.7 Å². The molecule has 2 unspecified atom stereocenters. The van der Waals surface area contributed by atoms with Gasteiger partial charge in [-0.15, -0.1) is 0 Å². The molecule has 26 heavy (non-hydrogen) atoms. The molecule has 2 atom stereocenters. The highest BCUT2D eigenvalue weighted by Crippen LogP contribution is 2.28. The highest BCUT2D eigenvalue weighted by molar-refractivity contribution is 6.22. The van der Waals surface area contributed by atoms with E-state index in [1.165, 1.54) is 6.07 Å². The number of hydrogen-bond acceptors (Lipinski definition) is 4. The molecule has 0 aromatic heterocycles. The van der Waals surface area contributed by atoms with Gasteiger partial charge in [0.1, 0.15) is 0 Å². The van der Waals surface area contributed by atoms with Crippen LogP contribution in [0.5, 0.6) is 0 Å². The van der Waals surface area contributed by atoms with E-state index in [1.807, 2.05) is 0 Å². The predicted octanol–water partition coefficient (Wildman–Crippen LogP) is 1.09. The van der Waals surface area contributed by atoms with E-state index in [9.17, 15) is 19.2 Å². The number of imide groups is 1. The zero-order chi connectivity index (χ0) is 18.3. The fourth-order valence-corrected chi connectivity index (χ4v) is 4.04. The second-order valence-corrected chi connectivity index (χ2v) is 7.00. The van der Waals surface area contributed by atoms with Crippen LogP contribution in [0, 0.1) is 5.92 Å². The number of hydrogen-bond donors (Lipinski definition) is 3. The Hall–Kier alpha value is -2.90. The molecular weight excluding hydrogens is 336 g/mol. The number of rotatable bonds is 2. The molecule has 0 saturated carbocycles. The zero-order valence-electron chi connectivity index (χ0n) is 14.2. The summed E-state index contributed by atoms with van der Waals surface area (Å²) in [7, 11) is 0. The topological polar surface area (TPSA) is 108 Å². The van der Waals surface area contributed by atoms with Gasteiger partial charge in [0.05, 0.1) is 11.1 Å². The van der Waals surface area contributed by atoms with Gasteiger partial charge in [0.2, 0.25) is 5.91 Å². The van der Waals surface area contributed by atoms with Gasteiger partial charge in [0.25, 0.3) is 11.8 Å². The van der Waals surface area contributed by atoms with E-state index >= 15 is 0 Å². The van der Waals surface area contributed by atoms with Crippen LogP contribution in [-0.4, -0.2) is 47.8 Å². The van der Waals surface area contributed by atoms with Crippen LogP contribution in [0.2, 0.25) is 0 Å². The van der Waals surface area contributed by atoms with E-state index in [4.69, 9.17) is 0 Å². The Kier molecular flexibility index (Phi) is 4.10. The van der Waals surface area contributed by atoms with Crippen molar-refractivity contribution >= 4 is 29.4 Å². The van der Waals surface area contributed by atoms with Crippen molar-refractivity contribution in [2.45, 2.75) is 31.7 Å². The molecule has 5 amide bonds. The second kappa shape index (κ2) is 6.44. The monoisotopic (exact) mass is 356 g/mol. The summed E-state index contributed by atoms with van der Waals surface area (Å²) in [6, 6.07) is 4.47. The zero-order valence-corrected chi connectivity index (χ0v) is 14.2. The van der Waals surface area contributed by atoms with Gasteiger partial charge >= 0.3 is 6.03 Å². The minimum Gasteiger partial charge on any atom is -0.356 e. The molecule has 3 aliphatic rings. The molecule has 3 N–H and O–H groups in total. The van der Waals surface area contributed by atoms with Gasteiger partial charge in [-0.05, 0) is 37.5 Å². The smallest absolute Gasteiger partial charge is 0.322 e. The first-order valence-corrected chi connectivity index (χ1v) is 8.87. The highest BCUT2D eigenvalue weighted by atomic mass is 16.2. The number of urea groups is 1. The molecule has 8 nitrogen and oxygen atoms in total. The van der Waals surface area contributed by atoms with E-state index in [1.54, 1.807) is 17.0 Å². The molecule has 3 heterocycles. The lowest BCUT2D eigenvalue weighted by Gasteiger charge is -2.38. The second-order valence-electron chi connectivity index (χ2n) is 7.00. The minimum atomic E-state index is -0.451. The number of piperidine rings is 1. The Bertz CT molecular complexity index is 806. The van der Waals surface area contributed by atoms with Gasteiger partial charge in [-0.2, -0.15) is 0 Å². The van der Waals surface area contributed by atoms with Crippen LogP contribution in [0.15, 0.2) is 18.2 Å². The molecular formula is C18H20N4O4. The molecule has 0 bridgehead atoms. The third-order valence-corrected chi connectivity index (χ3v) is 5.35. The van der Waals surface area contributed by atoms with Gasteiger partial charge in [-0.25, -0.2) is 4.79 Å². The Balaban J connectivity index is 1.50. The number of amides is 5. The third-order valence-electron chi connectivity index (χ3n) is 5.35. The molecule has 2 fully saturated rings. The molecule has 0 aliphatic carbocycles. The molecule has 4 rings (SSSR count). The summed E-state index contributed by atoms with van der Waals surface area (Å²) < 4.78 is 0. The first-order valence-electron chi connectivity index (χ1n) is 8.87. The SMILES string of the molecule is O=C1CC(C2CCCCN2C(=O)Nc2ccc3c(c2)C(=O)NC3=O)CN1. The summed E-state index contributed by atoms with van der Waals surface area (Å²) in [4.78, 5) is 49.5. The number of fused-ring (bicyclic) bond motifs is 1. The summed E-state index contributed by atoms with van der Waals surface area (Å²) in [5, 5.41) is 7.91. The Morgan fingerprint density at radius 1 is 1.12 bits per heavy atom. The fraction of sp³-hybridized carbons (Fsp3) is 0.444. The third kappa shape index (κ3) is 2.91. The number of nitrogens with zero attached hydrogens (tertiary/aromatic N) is 1. The van der Waals surface area contributed by atoms with E-state index in [2.05, 4.69) is 16.0 Å². The average molecular weight is 356 g/mol. The highest BCUT2D eigenvalue weighted by Gasteiger charge is 2.37. The van der Waals surface area contributed by atoms with Crippen molar-refractivity contribution in [3.8, 4) is 0 Å². The van der Waals surface area contributed by atoms with E-state index in [-0.39, 0.29) is 29.5 Å². The largest absolute Gasteiger partial charge is 0.356 e. The number of benzene rings is 1. The van der Waals surface area contributed by atoms with Crippen LogP contribution in [0.3, 0.4) is 0 Å². The van der Waals surface area contributed by atoms with Gasteiger partial charge in [0.15, 0.2) is 0 Å². The normalized spacial score (nSPS) is 24.9. The predicted molar refractivity (Wildman–Crippen MR) is 92.7 cm³/mol. The molecule has 0 spiro atoms. The lowest BCUT2D eigenvalue weighted by Crippen LogP contribution is -2.49. The van der Waals surface area contributed by atoms with Crippen LogP contribution in [0.25, 0.3) is 0 Å². The van der Waals surface area contributed by atoms with Gasteiger partial charge in [0, 0.05) is 37.2 Å². The molecule has 136 valence electrons. The fourth-order valence-electron chi connectivity index (χ4n) is 4.04. The van der Waals surface area contributed by atoms with E-state index < -0.39 is 11.8 Å². The van der Waals surface area contributed by atoms with E-state index in [0.717, 1.165) is 19.3 Å². The number of anilines is 1. The summed E-state index contributed by atoms with van der Waals surface area (Å²) in [5.74, 6) is -0.697. The van der Waals surface area contributed by atoms with Gasteiger partial charge in [-0.1, -0.05) is 0 Å². The summed E-state index contributed by atoms with van der Waals surface area (Å²) >= 11 is 0. The summed E-state index contributed by atoms with van der Waals surface area (Å²) in [5.41, 5.74) is 1.07. The summed E-state index contributed by atoms with van der Waals surface area (Å²) in [6.45, 7) is 1.25. The number of likely N-dealkylation sites (tertiary alicyclic amines) is 1. The number of carbonyl (C=O) groups is 4. The van der Waals surface area contributed by atoms with Crippen LogP contribution in [0.1, 0.15) is 46.4 Å².